The van der Waals surface area contributed by atoms with E-state index in [1.165, 1.54) is 24.3 Å². The first-order chi connectivity index (χ1) is 9.38. The molecule has 2 nitrogen and oxygen atoms in total. The summed E-state index contributed by atoms with van der Waals surface area (Å²) in [5.41, 5.74) is 0.997. The molecule has 0 aliphatic rings. The van der Waals surface area contributed by atoms with Crippen LogP contribution >= 0.6 is 0 Å². The third kappa shape index (κ3) is 3.23. The van der Waals surface area contributed by atoms with Crippen LogP contribution in [0.4, 0.5) is 4.39 Å². The van der Waals surface area contributed by atoms with Crippen LogP contribution in [0.3, 0.4) is 0 Å². The number of esters is 1. The van der Waals surface area contributed by atoms with Crippen molar-refractivity contribution in [2.45, 2.75) is 26.2 Å². The van der Waals surface area contributed by atoms with Gasteiger partial charge in [-0.3, -0.25) is 0 Å². The molecule has 0 atom stereocenters. The summed E-state index contributed by atoms with van der Waals surface area (Å²) in [7, 11) is 0. The lowest BCUT2D eigenvalue weighted by Crippen LogP contribution is -2.16. The average molecular weight is 272 g/mol. The van der Waals surface area contributed by atoms with Crippen LogP contribution in [-0.4, -0.2) is 5.97 Å². The van der Waals surface area contributed by atoms with E-state index in [-0.39, 0.29) is 11.0 Å². The minimum atomic E-state index is -0.554. The van der Waals surface area contributed by atoms with E-state index in [1.54, 1.807) is 6.07 Å². The average Bonchev–Trinajstić information content (AvgIpc) is 2.38. The van der Waals surface area contributed by atoms with Gasteiger partial charge in [0.05, 0.1) is 5.56 Å². The molecule has 0 unspecified atom stereocenters. The van der Waals surface area contributed by atoms with E-state index >= 15 is 0 Å². The second-order valence-corrected chi connectivity index (χ2v) is 5.65. The van der Waals surface area contributed by atoms with Crippen LogP contribution in [-0.2, 0) is 5.41 Å². The monoisotopic (exact) mass is 272 g/mol. The van der Waals surface area contributed by atoms with Gasteiger partial charge in [0.2, 0.25) is 0 Å². The van der Waals surface area contributed by atoms with Gasteiger partial charge in [-0.2, -0.15) is 0 Å². The van der Waals surface area contributed by atoms with E-state index < -0.39 is 11.8 Å². The van der Waals surface area contributed by atoms with Gasteiger partial charge >= 0.3 is 5.97 Å². The van der Waals surface area contributed by atoms with Crippen LogP contribution in [0.25, 0.3) is 0 Å². The lowest BCUT2D eigenvalue weighted by atomic mass is 9.86. The molecule has 0 saturated carbocycles. The van der Waals surface area contributed by atoms with Crippen LogP contribution in [0.5, 0.6) is 5.75 Å². The van der Waals surface area contributed by atoms with Crippen molar-refractivity contribution in [2.24, 2.45) is 0 Å². The fourth-order valence-corrected chi connectivity index (χ4v) is 1.95. The number of halogens is 1. The van der Waals surface area contributed by atoms with Gasteiger partial charge in [-0.25, -0.2) is 9.18 Å². The molecule has 2 aromatic carbocycles. The maximum absolute atomic E-state index is 13.1. The van der Waals surface area contributed by atoms with Gasteiger partial charge < -0.3 is 4.74 Å². The van der Waals surface area contributed by atoms with Crippen LogP contribution in [0.15, 0.2) is 48.5 Å². The number of carbonyl (C=O) groups is 1. The van der Waals surface area contributed by atoms with Crippen molar-refractivity contribution in [3.8, 4) is 5.75 Å². The normalized spacial score (nSPS) is 11.2. The van der Waals surface area contributed by atoms with Gasteiger partial charge in [0.25, 0.3) is 0 Å². The molecule has 20 heavy (non-hydrogen) atoms. The largest absolute Gasteiger partial charge is 0.423 e. The van der Waals surface area contributed by atoms with Crippen molar-refractivity contribution in [1.29, 1.82) is 0 Å². The predicted octanol–water partition coefficient (Wildman–Crippen LogP) is 4.34. The molecule has 0 N–H and O–H groups in total. The first-order valence-corrected chi connectivity index (χ1v) is 6.45. The Labute approximate surface area is 118 Å². The molecule has 0 aliphatic carbocycles. The first kappa shape index (κ1) is 14.3. The van der Waals surface area contributed by atoms with E-state index in [9.17, 15) is 9.18 Å². The summed E-state index contributed by atoms with van der Waals surface area (Å²) in [6.45, 7) is 6.13. The van der Waals surface area contributed by atoms with Crippen molar-refractivity contribution in [2.75, 3.05) is 0 Å². The third-order valence-corrected chi connectivity index (χ3v) is 2.96. The highest BCUT2D eigenvalue weighted by atomic mass is 19.1. The van der Waals surface area contributed by atoms with Crippen molar-refractivity contribution in [3.05, 3.63) is 65.5 Å². The van der Waals surface area contributed by atoms with Gasteiger partial charge in [-0.05, 0) is 29.7 Å². The minimum Gasteiger partial charge on any atom is -0.423 e. The Kier molecular flexibility index (Phi) is 3.89. The second-order valence-electron chi connectivity index (χ2n) is 5.65. The van der Waals surface area contributed by atoms with E-state index in [2.05, 4.69) is 0 Å². The van der Waals surface area contributed by atoms with Gasteiger partial charge in [0.1, 0.15) is 11.6 Å². The molecule has 0 heterocycles. The summed E-state index contributed by atoms with van der Waals surface area (Å²) >= 11 is 0. The number of hydrogen-bond acceptors (Lipinski definition) is 2. The number of ether oxygens (including phenoxy) is 1. The van der Waals surface area contributed by atoms with Crippen molar-refractivity contribution in [1.82, 2.24) is 0 Å². The molecular formula is C17H17FO2. The summed E-state index contributed by atoms with van der Waals surface area (Å²) < 4.78 is 18.5. The molecule has 3 heteroatoms. The van der Waals surface area contributed by atoms with Gasteiger partial charge in [0.15, 0.2) is 0 Å². The number of para-hydroxylation sites is 1. The Hall–Kier alpha value is -2.16. The summed E-state index contributed by atoms with van der Waals surface area (Å²) in [5, 5.41) is 0. The molecule has 104 valence electrons. The summed E-state index contributed by atoms with van der Waals surface area (Å²) in [5.74, 6) is -0.501. The Balaban J connectivity index is 2.29. The number of rotatable bonds is 2. The van der Waals surface area contributed by atoms with Crippen molar-refractivity contribution >= 4 is 5.97 Å². The molecule has 0 aromatic heterocycles. The molecule has 0 spiro atoms. The van der Waals surface area contributed by atoms with Crippen LogP contribution < -0.4 is 4.74 Å². The molecule has 0 amide bonds. The highest BCUT2D eigenvalue weighted by Crippen LogP contribution is 2.31. The van der Waals surface area contributed by atoms with Crippen LogP contribution in [0.1, 0.15) is 36.7 Å². The third-order valence-electron chi connectivity index (χ3n) is 2.96. The zero-order chi connectivity index (χ0) is 14.8. The fraction of sp³-hybridized carbons (Fsp3) is 0.235. The highest BCUT2D eigenvalue weighted by Gasteiger charge is 2.20. The predicted molar refractivity (Wildman–Crippen MR) is 76.5 cm³/mol. The summed E-state index contributed by atoms with van der Waals surface area (Å²) in [6, 6.07) is 12.9. The topological polar surface area (TPSA) is 26.3 Å². The Morgan fingerprint density at radius 1 is 1.05 bits per heavy atom. The van der Waals surface area contributed by atoms with E-state index in [0.717, 1.165) is 5.56 Å². The van der Waals surface area contributed by atoms with Gasteiger partial charge in [-0.15, -0.1) is 0 Å². The zero-order valence-corrected chi connectivity index (χ0v) is 11.8. The molecule has 0 radical (unpaired) electrons. The lowest BCUT2D eigenvalue weighted by molar-refractivity contribution is 0.0731. The maximum Gasteiger partial charge on any atom is 0.343 e. The Morgan fingerprint density at radius 3 is 2.40 bits per heavy atom. The number of carbonyl (C=O) groups excluding carboxylic acids is 1. The van der Waals surface area contributed by atoms with E-state index in [0.29, 0.717) is 5.75 Å². The molecular weight excluding hydrogens is 255 g/mol. The maximum atomic E-state index is 13.1. The molecule has 0 bridgehead atoms. The van der Waals surface area contributed by atoms with Crippen LogP contribution in [0, 0.1) is 5.82 Å². The number of benzene rings is 2. The fourth-order valence-electron chi connectivity index (χ4n) is 1.95. The Bertz CT molecular complexity index is 627. The second kappa shape index (κ2) is 5.45. The lowest BCUT2D eigenvalue weighted by Gasteiger charge is -2.22. The van der Waals surface area contributed by atoms with E-state index in [4.69, 9.17) is 4.74 Å². The Morgan fingerprint density at radius 2 is 1.75 bits per heavy atom. The van der Waals surface area contributed by atoms with Gasteiger partial charge in [-0.1, -0.05) is 45.0 Å². The quantitative estimate of drug-likeness (QED) is 0.600. The van der Waals surface area contributed by atoms with Crippen molar-refractivity contribution < 1.29 is 13.9 Å². The van der Waals surface area contributed by atoms with E-state index in [1.807, 2.05) is 39.0 Å². The molecule has 2 aromatic rings. The molecule has 0 fully saturated rings. The number of hydrogen-bond donors (Lipinski definition) is 0. The van der Waals surface area contributed by atoms with Gasteiger partial charge in [0, 0.05) is 5.56 Å². The SMILES string of the molecule is CC(C)(C)c1ccccc1OC(=O)c1cccc(F)c1. The zero-order valence-electron chi connectivity index (χ0n) is 11.8. The minimum absolute atomic E-state index is 0.140. The standard InChI is InChI=1S/C17H17FO2/c1-17(2,3)14-9-4-5-10-15(14)20-16(19)12-7-6-8-13(18)11-12/h4-11H,1-3H3. The van der Waals surface area contributed by atoms with Crippen molar-refractivity contribution in [3.63, 3.8) is 0 Å². The molecule has 0 aliphatic heterocycles. The summed E-state index contributed by atoms with van der Waals surface area (Å²) in [6.07, 6.45) is 0. The highest BCUT2D eigenvalue weighted by molar-refractivity contribution is 5.91. The smallest absolute Gasteiger partial charge is 0.343 e. The first-order valence-electron chi connectivity index (χ1n) is 6.45. The molecule has 2 rings (SSSR count). The summed E-state index contributed by atoms with van der Waals surface area (Å²) in [4.78, 5) is 12.1. The molecule has 0 saturated heterocycles. The van der Waals surface area contributed by atoms with Crippen LogP contribution in [0.2, 0.25) is 0 Å².